The van der Waals surface area contributed by atoms with E-state index < -0.39 is 6.16 Å². The number of allylic oxidation sites excluding steroid dienone is 2. The molecule has 112 valence electrons. The van der Waals surface area contributed by atoms with Crippen molar-refractivity contribution >= 4 is 11.9 Å². The van der Waals surface area contributed by atoms with E-state index in [-0.39, 0.29) is 12.5 Å². The normalized spacial score (nSPS) is 17.9. The molecule has 5 heteroatoms. The monoisotopic (exact) mass is 288 g/mol. The van der Waals surface area contributed by atoms with Crippen molar-refractivity contribution in [2.75, 3.05) is 6.61 Å². The summed E-state index contributed by atoms with van der Waals surface area (Å²) in [4.78, 5) is 11.7. The van der Waals surface area contributed by atoms with Gasteiger partial charge in [0.15, 0.2) is 0 Å². The zero-order valence-electron chi connectivity index (χ0n) is 12.6. The molecule has 1 aliphatic rings. The highest BCUT2D eigenvalue weighted by Crippen LogP contribution is 2.32. The Kier molecular flexibility index (Phi) is 4.98. The van der Waals surface area contributed by atoms with Crippen LogP contribution in [0.4, 0.5) is 4.79 Å². The van der Waals surface area contributed by atoms with Crippen LogP contribution in [-0.4, -0.2) is 18.5 Å². The fraction of sp³-hybridized carbons (Fsp3) is 0.375. The van der Waals surface area contributed by atoms with Crippen molar-refractivity contribution in [2.24, 2.45) is 5.10 Å². The second-order valence-electron chi connectivity index (χ2n) is 4.69. The summed E-state index contributed by atoms with van der Waals surface area (Å²) in [5.74, 6) is 0.383. The van der Waals surface area contributed by atoms with Gasteiger partial charge in [0.05, 0.1) is 23.9 Å². The van der Waals surface area contributed by atoms with Crippen molar-refractivity contribution in [3.63, 3.8) is 0 Å². The van der Waals surface area contributed by atoms with Crippen LogP contribution >= 0.6 is 0 Å². The molecule has 1 N–H and O–H groups in total. The smallest absolute Gasteiger partial charge is 0.434 e. The zero-order valence-corrected chi connectivity index (χ0v) is 12.6. The molecule has 0 fully saturated rings. The molecule has 21 heavy (non-hydrogen) atoms. The van der Waals surface area contributed by atoms with Gasteiger partial charge in [0, 0.05) is 0 Å². The summed E-state index contributed by atoms with van der Waals surface area (Å²) < 4.78 is 10.3. The van der Waals surface area contributed by atoms with Gasteiger partial charge in [-0.2, -0.15) is 5.10 Å². The molecular formula is C16H20N2O3. The van der Waals surface area contributed by atoms with Gasteiger partial charge in [-0.25, -0.2) is 4.79 Å². The molecule has 1 heterocycles. The molecule has 0 radical (unpaired) electrons. The van der Waals surface area contributed by atoms with E-state index in [1.54, 1.807) is 6.92 Å². The summed E-state index contributed by atoms with van der Waals surface area (Å²) in [5, 5.41) is 4.37. The average Bonchev–Trinajstić information content (AvgIpc) is 2.50. The van der Waals surface area contributed by atoms with Crippen molar-refractivity contribution in [1.29, 1.82) is 0 Å². The lowest BCUT2D eigenvalue weighted by molar-refractivity contribution is 0.0779. The Morgan fingerprint density at radius 2 is 2.00 bits per heavy atom. The number of nitrogens with one attached hydrogen (secondary N) is 1. The first kappa shape index (κ1) is 15.1. The van der Waals surface area contributed by atoms with Gasteiger partial charge >= 0.3 is 6.16 Å². The predicted molar refractivity (Wildman–Crippen MR) is 80.9 cm³/mol. The molecule has 1 unspecified atom stereocenters. The Bertz CT molecular complexity index is 564. The highest BCUT2D eigenvalue weighted by Gasteiger charge is 2.30. The number of carbonyl (C=O) groups excluding carboxylic acids is 1. The van der Waals surface area contributed by atoms with E-state index in [1.165, 1.54) is 0 Å². The van der Waals surface area contributed by atoms with Crippen LogP contribution in [0.5, 0.6) is 0 Å². The van der Waals surface area contributed by atoms with Crippen molar-refractivity contribution in [3.05, 3.63) is 47.4 Å². The fourth-order valence-corrected chi connectivity index (χ4v) is 2.29. The Morgan fingerprint density at radius 1 is 1.29 bits per heavy atom. The second-order valence-corrected chi connectivity index (χ2v) is 4.69. The lowest BCUT2D eigenvalue weighted by Crippen LogP contribution is -2.28. The number of hydrogen-bond acceptors (Lipinski definition) is 5. The maximum atomic E-state index is 11.7. The Labute approximate surface area is 124 Å². The molecule has 0 saturated carbocycles. The van der Waals surface area contributed by atoms with Gasteiger partial charge in [-0.1, -0.05) is 37.3 Å². The maximum absolute atomic E-state index is 11.7. The number of rotatable bonds is 4. The molecule has 0 aliphatic carbocycles. The van der Waals surface area contributed by atoms with Crippen LogP contribution < -0.4 is 5.43 Å². The molecule has 0 bridgehead atoms. The van der Waals surface area contributed by atoms with E-state index in [9.17, 15) is 4.79 Å². The van der Waals surface area contributed by atoms with Crippen LogP contribution in [0, 0.1) is 0 Å². The quantitative estimate of drug-likeness (QED) is 0.861. The first-order valence-corrected chi connectivity index (χ1v) is 7.10. The van der Waals surface area contributed by atoms with Gasteiger partial charge in [0.2, 0.25) is 0 Å². The summed E-state index contributed by atoms with van der Waals surface area (Å²) >= 11 is 0. The number of hydrogen-bond donors (Lipinski definition) is 1. The zero-order chi connectivity index (χ0) is 15.2. The lowest BCUT2D eigenvalue weighted by Gasteiger charge is -2.27. The van der Waals surface area contributed by atoms with E-state index in [4.69, 9.17) is 9.47 Å². The molecule has 1 aromatic carbocycles. The second kappa shape index (κ2) is 6.92. The lowest BCUT2D eigenvalue weighted by atomic mass is 9.89. The van der Waals surface area contributed by atoms with Gasteiger partial charge in [-0.05, 0) is 25.8 Å². The van der Waals surface area contributed by atoms with Crippen LogP contribution in [-0.2, 0) is 9.47 Å². The van der Waals surface area contributed by atoms with Crippen LogP contribution in [0.2, 0.25) is 0 Å². The molecule has 1 aliphatic heterocycles. The Balaban J connectivity index is 2.35. The standard InChI is InChI=1S/C16H20N2O3/c1-4-13-14(12-9-7-6-8-10-12)15(11(3)17-18-13)21-16(19)20-5-2/h6-10,14,17H,4-5H2,1-3H3. The van der Waals surface area contributed by atoms with Gasteiger partial charge < -0.3 is 9.47 Å². The minimum Gasteiger partial charge on any atom is -0.434 e. The topological polar surface area (TPSA) is 59.9 Å². The molecular weight excluding hydrogens is 268 g/mol. The number of ether oxygens (including phenoxy) is 2. The van der Waals surface area contributed by atoms with E-state index in [0.29, 0.717) is 11.5 Å². The van der Waals surface area contributed by atoms with E-state index in [1.807, 2.05) is 44.2 Å². The molecule has 1 aromatic rings. The first-order chi connectivity index (χ1) is 10.2. The minimum atomic E-state index is -0.688. The Hall–Kier alpha value is -2.30. The molecule has 0 saturated heterocycles. The first-order valence-electron chi connectivity index (χ1n) is 7.10. The SMILES string of the molecule is CCOC(=O)OC1=C(C)NN=C(CC)C1c1ccccc1. The van der Waals surface area contributed by atoms with Crippen LogP contribution in [0.15, 0.2) is 46.9 Å². The average molecular weight is 288 g/mol. The van der Waals surface area contributed by atoms with Crippen molar-refractivity contribution < 1.29 is 14.3 Å². The maximum Gasteiger partial charge on any atom is 0.513 e. The van der Waals surface area contributed by atoms with Crippen LogP contribution in [0.1, 0.15) is 38.7 Å². The van der Waals surface area contributed by atoms with Gasteiger partial charge in [0.1, 0.15) is 5.76 Å². The molecule has 5 nitrogen and oxygen atoms in total. The molecule has 0 aromatic heterocycles. The number of nitrogens with zero attached hydrogens (tertiary/aromatic N) is 1. The molecule has 0 amide bonds. The number of carbonyl (C=O) groups is 1. The number of hydrazone groups is 1. The van der Waals surface area contributed by atoms with Crippen molar-refractivity contribution in [1.82, 2.24) is 5.43 Å². The van der Waals surface area contributed by atoms with E-state index >= 15 is 0 Å². The highest BCUT2D eigenvalue weighted by atomic mass is 16.7. The van der Waals surface area contributed by atoms with Crippen molar-refractivity contribution in [2.45, 2.75) is 33.1 Å². The summed E-state index contributed by atoms with van der Waals surface area (Å²) in [6.07, 6.45) is 0.0714. The number of benzene rings is 1. The van der Waals surface area contributed by atoms with Gasteiger partial charge in [0.25, 0.3) is 0 Å². The third-order valence-electron chi connectivity index (χ3n) is 3.28. The highest BCUT2D eigenvalue weighted by molar-refractivity contribution is 5.94. The predicted octanol–water partition coefficient (Wildman–Crippen LogP) is 3.54. The summed E-state index contributed by atoms with van der Waals surface area (Å²) in [6.45, 7) is 5.89. The molecule has 1 atom stereocenters. The van der Waals surface area contributed by atoms with E-state index in [2.05, 4.69) is 10.5 Å². The summed E-state index contributed by atoms with van der Waals surface area (Å²) in [5.41, 5.74) is 5.59. The van der Waals surface area contributed by atoms with Crippen molar-refractivity contribution in [3.8, 4) is 0 Å². The Morgan fingerprint density at radius 3 is 2.62 bits per heavy atom. The van der Waals surface area contributed by atoms with Gasteiger partial charge in [-0.3, -0.25) is 5.43 Å². The third-order valence-corrected chi connectivity index (χ3v) is 3.28. The summed E-state index contributed by atoms with van der Waals surface area (Å²) in [7, 11) is 0. The molecule has 2 rings (SSSR count). The molecule has 0 spiro atoms. The van der Waals surface area contributed by atoms with E-state index in [0.717, 1.165) is 17.7 Å². The van der Waals surface area contributed by atoms with Crippen LogP contribution in [0.25, 0.3) is 0 Å². The van der Waals surface area contributed by atoms with Crippen LogP contribution in [0.3, 0.4) is 0 Å². The third kappa shape index (κ3) is 3.42. The largest absolute Gasteiger partial charge is 0.513 e. The van der Waals surface area contributed by atoms with Gasteiger partial charge in [-0.15, -0.1) is 0 Å². The fourth-order valence-electron chi connectivity index (χ4n) is 2.29. The summed E-state index contributed by atoms with van der Waals surface area (Å²) in [6, 6.07) is 9.88. The minimum absolute atomic E-state index is 0.165.